The summed E-state index contributed by atoms with van der Waals surface area (Å²) in [5, 5.41) is 47.2. The predicted molar refractivity (Wildman–Crippen MR) is 472 cm³/mol. The van der Waals surface area contributed by atoms with Gasteiger partial charge in [0.25, 0.3) is 0 Å². The lowest BCUT2D eigenvalue weighted by atomic mass is 9.79. The van der Waals surface area contributed by atoms with E-state index in [0.29, 0.717) is 52.7 Å². The minimum Gasteiger partial charge on any atom is -0.492 e. The summed E-state index contributed by atoms with van der Waals surface area (Å²) in [5.41, 5.74) is 33.7. The van der Waals surface area contributed by atoms with Gasteiger partial charge in [-0.25, -0.2) is 0 Å². The van der Waals surface area contributed by atoms with Crippen LogP contribution in [0.5, 0.6) is 5.75 Å². The molecule has 4 aromatic carbocycles. The van der Waals surface area contributed by atoms with Crippen LogP contribution in [0.3, 0.4) is 0 Å². The zero-order valence-corrected chi connectivity index (χ0v) is 73.4. The number of aliphatic hydroxyl groups is 1. The number of ether oxygens (including phenoxy) is 2. The number of aliphatic carboxylic acids is 1. The summed E-state index contributed by atoms with van der Waals surface area (Å²) in [5.74, 6) is -26.1. The number of amides is 13. The summed E-state index contributed by atoms with van der Waals surface area (Å²) >= 11 is 1.01. The number of nitrogens with one attached hydrogen (secondary N) is 10. The van der Waals surface area contributed by atoms with E-state index in [1.54, 1.807) is 86.0 Å². The number of aliphatic hydroxyl groups excluding tert-OH is 1. The summed E-state index contributed by atoms with van der Waals surface area (Å²) in [7, 11) is 1.71. The van der Waals surface area contributed by atoms with E-state index in [-0.39, 0.29) is 89.2 Å². The van der Waals surface area contributed by atoms with Gasteiger partial charge >= 0.3 is 5.97 Å². The molecule has 0 aliphatic carbocycles. The standard InChI is InChI=1S/C89H120N16O23S/c1-49(106)80-88(126)103-69(39-59-47-97-63-13-7-6-12-62(59)63)87(125)99-64(23-25-76(92)114)71(109)43-60(48-129-35-27-65(98-50(2)107)70(108)40-55(83(121)104-80)19-24-75(91)113)85(123)101-67(38-51-16-21-61(22-17-51)128-34-30-90)72(110)41-57(37-52-15-18-53-10-4-5-11-54(53)36-52)86(124)105-89(28-32-127-33-29-89)74(112)44-56(20-26-79(117)118)82(120)102-68(46-78(94)116)73(111)42-58(45-77(93)115)84(122)100-66(81(95)119)14-8-9-31-96-3/h4-7,10-13,15-18,21-22,36,47,49,55-58,60,64-69,80,96-97,106H,8-9,14,19-20,23-35,37-46,48,90H2,1-3H3,(H2,91,113)(H2,92,114)(H2,93,115)(H2,94,116)(H2,95,119)(H,98,107)(H,99,125)(H,100,122)(H,101,123)(H,102,120)(H,103,126)(H,104,121)(H,105,124)(H,117,118). The molecule has 13 amide bonds. The van der Waals surface area contributed by atoms with Gasteiger partial charge in [-0.05, 0) is 130 Å². The van der Waals surface area contributed by atoms with Crippen molar-refractivity contribution in [3.63, 3.8) is 0 Å². The predicted octanol–water partition coefficient (Wildman–Crippen LogP) is -0.818. The van der Waals surface area contributed by atoms with Crippen LogP contribution in [0.4, 0.5) is 0 Å². The number of carbonyl (C=O) groups is 19. The molecule has 700 valence electrons. The molecule has 0 bridgehead atoms. The van der Waals surface area contributed by atoms with E-state index in [2.05, 4.69) is 52.8 Å². The van der Waals surface area contributed by atoms with E-state index in [9.17, 15) is 72.5 Å². The normalized spacial score (nSPS) is 19.5. The largest absolute Gasteiger partial charge is 0.492 e. The topological polar surface area (TPSA) is 663 Å². The van der Waals surface area contributed by atoms with E-state index < -0.39 is 272 Å². The van der Waals surface area contributed by atoms with Crippen molar-refractivity contribution in [2.45, 2.75) is 209 Å². The first-order chi connectivity index (χ1) is 61.3. The van der Waals surface area contributed by atoms with E-state index in [1.165, 1.54) is 0 Å². The monoisotopic (exact) mass is 1810 g/mol. The molecular formula is C89H120N16O23S. The van der Waals surface area contributed by atoms with E-state index in [1.807, 2.05) is 18.2 Å². The zero-order chi connectivity index (χ0) is 94.6. The summed E-state index contributed by atoms with van der Waals surface area (Å²) in [4.78, 5) is 271. The quantitative estimate of drug-likeness (QED) is 0.0212. The van der Waals surface area contributed by atoms with Gasteiger partial charge in [0.15, 0.2) is 28.9 Å². The van der Waals surface area contributed by atoms with E-state index in [0.717, 1.165) is 36.4 Å². The number of Topliss-reactive ketones (excluding diaryl/α,β-unsaturated/α-hetero) is 5. The van der Waals surface area contributed by atoms with Crippen molar-refractivity contribution in [3.8, 4) is 5.75 Å². The van der Waals surface area contributed by atoms with Crippen LogP contribution in [-0.2, 0) is 115 Å². The smallest absolute Gasteiger partial charge is 0.303 e. The number of carboxylic acid groups (broad SMARTS) is 1. The number of nitrogens with two attached hydrogens (primary N) is 6. The molecule has 0 radical (unpaired) electrons. The Morgan fingerprint density at radius 3 is 1.91 bits per heavy atom. The fourth-order valence-corrected chi connectivity index (χ4v) is 16.7. The number of primary amides is 5. The SMILES string of the molecule is CNCCCCC(NC(=O)C(CC(N)=O)CC(=O)C(CC(N)=O)NC(=O)C(CCC(=O)O)CC(=O)C1(NC(=O)C(CC(=O)C(Cc2ccc(OCCN)cc2)NC(=O)C2CSCCC(NC(C)=O)C(=O)CC(CCC(N)=O)C(=O)NC(C(C)O)C(=O)NC(Cc3c[nH]c4ccccc34)C(=O)NC(CCC(N)=O)C(=O)C2)Cc2ccc3ccccc3c2)CCOCC1)C(N)=O. The number of para-hydroxylation sites is 1. The van der Waals surface area contributed by atoms with Gasteiger partial charge in [-0.15, -0.1) is 0 Å². The molecule has 1 aromatic heterocycles. The van der Waals surface area contributed by atoms with Gasteiger partial charge in [-0.2, -0.15) is 11.8 Å². The van der Waals surface area contributed by atoms with E-state index in [4.69, 9.17) is 43.9 Å². The Morgan fingerprint density at radius 2 is 1.26 bits per heavy atom. The van der Waals surface area contributed by atoms with Crippen molar-refractivity contribution in [2.75, 3.05) is 51.5 Å². The second-order valence-corrected chi connectivity index (χ2v) is 34.0. The average Bonchev–Trinajstić information content (AvgIpc) is 1.77. The number of hydrogen-bond donors (Lipinski definition) is 18. The van der Waals surface area contributed by atoms with Crippen LogP contribution in [0.15, 0.2) is 97.2 Å². The number of unbranched alkanes of at least 4 members (excludes halogenated alkanes) is 1. The molecule has 39 nitrogen and oxygen atoms in total. The lowest BCUT2D eigenvalue weighted by Gasteiger charge is -2.38. The van der Waals surface area contributed by atoms with Crippen LogP contribution in [0.1, 0.15) is 153 Å². The Labute approximate surface area is 749 Å². The third-order valence-corrected chi connectivity index (χ3v) is 23.9. The lowest BCUT2D eigenvalue weighted by Crippen LogP contribution is -2.59. The van der Waals surface area contributed by atoms with Crippen LogP contribution in [0, 0.1) is 29.6 Å². The number of fused-ring (bicyclic) bond motifs is 2. The van der Waals surface area contributed by atoms with Crippen molar-refractivity contribution < 1.29 is 111 Å². The van der Waals surface area contributed by atoms with Gasteiger partial charge in [0.1, 0.15) is 36.0 Å². The third kappa shape index (κ3) is 33.6. The summed E-state index contributed by atoms with van der Waals surface area (Å²) in [6.07, 6.45) is -9.25. The Morgan fingerprint density at radius 1 is 0.620 bits per heavy atom. The van der Waals surface area contributed by atoms with Gasteiger partial charge in [-0.1, -0.05) is 72.8 Å². The van der Waals surface area contributed by atoms with Crippen LogP contribution < -0.4 is 87.0 Å². The Bertz CT molecular complexity index is 4840. The summed E-state index contributed by atoms with van der Waals surface area (Å²) < 4.78 is 11.5. The van der Waals surface area contributed by atoms with Crippen molar-refractivity contribution in [3.05, 3.63) is 114 Å². The maximum Gasteiger partial charge on any atom is 0.303 e. The maximum atomic E-state index is 16.0. The molecule has 3 heterocycles. The van der Waals surface area contributed by atoms with Gasteiger partial charge in [-0.3, -0.25) is 91.1 Å². The highest BCUT2D eigenvalue weighted by Gasteiger charge is 2.46. The molecule has 2 aliphatic rings. The van der Waals surface area contributed by atoms with Gasteiger partial charge < -0.3 is 107 Å². The first-order valence-corrected chi connectivity index (χ1v) is 44.1. The highest BCUT2D eigenvalue weighted by molar-refractivity contribution is 7.99. The molecule has 40 heteroatoms. The van der Waals surface area contributed by atoms with Crippen LogP contribution >= 0.6 is 11.8 Å². The third-order valence-electron chi connectivity index (χ3n) is 22.7. The molecule has 7 rings (SSSR count). The second kappa shape index (κ2) is 51.6. The molecule has 24 N–H and O–H groups in total. The molecule has 2 saturated heterocycles. The van der Waals surface area contributed by atoms with Crippen molar-refractivity contribution in [1.29, 1.82) is 0 Å². The van der Waals surface area contributed by atoms with Gasteiger partial charge in [0, 0.05) is 144 Å². The number of thioether (sulfide) groups is 1. The number of hydrogen-bond acceptors (Lipinski definition) is 25. The maximum absolute atomic E-state index is 16.0. The van der Waals surface area contributed by atoms with Gasteiger partial charge in [0.05, 0.1) is 48.5 Å². The average molecular weight is 1810 g/mol. The molecular weight excluding hydrogens is 1690 g/mol. The highest BCUT2D eigenvalue weighted by Crippen LogP contribution is 2.32. The first-order valence-electron chi connectivity index (χ1n) is 43.0. The van der Waals surface area contributed by atoms with Crippen LogP contribution in [0.2, 0.25) is 0 Å². The number of rotatable bonds is 47. The molecule has 5 aromatic rings. The number of carboxylic acids is 1. The molecule has 0 saturated carbocycles. The van der Waals surface area contributed by atoms with Crippen molar-refractivity contribution in [2.24, 2.45) is 64.0 Å². The Kier molecular flexibility index (Phi) is 41.4. The molecule has 2 fully saturated rings. The van der Waals surface area contributed by atoms with Crippen molar-refractivity contribution >= 4 is 145 Å². The van der Waals surface area contributed by atoms with Gasteiger partial charge in [0.2, 0.25) is 76.8 Å². The minimum atomic E-state index is -1.95. The number of benzene rings is 4. The number of H-pyrrole nitrogens is 1. The number of carbonyl (C=O) groups excluding carboxylic acids is 18. The fourth-order valence-electron chi connectivity index (χ4n) is 15.5. The molecule has 2 aliphatic heterocycles. The summed E-state index contributed by atoms with van der Waals surface area (Å²) in [6, 6.07) is 14.6. The minimum absolute atomic E-state index is 0.0730. The first kappa shape index (κ1) is 104. The number of aromatic nitrogens is 1. The molecule has 0 spiro atoms. The Hall–Kier alpha value is -12.4. The molecule has 129 heavy (non-hydrogen) atoms. The van der Waals surface area contributed by atoms with Crippen molar-refractivity contribution in [1.82, 2.24) is 52.8 Å². The van der Waals surface area contributed by atoms with Crippen LogP contribution in [0.25, 0.3) is 21.7 Å². The Balaban J connectivity index is 1.28. The zero-order valence-electron chi connectivity index (χ0n) is 72.6. The van der Waals surface area contributed by atoms with E-state index >= 15 is 28.8 Å². The molecule has 13 atom stereocenters. The van der Waals surface area contributed by atoms with Crippen LogP contribution in [-0.4, -0.2) is 232 Å². The second-order valence-electron chi connectivity index (χ2n) is 32.8. The molecule has 13 unspecified atom stereocenters. The number of ketones is 5. The summed E-state index contributed by atoms with van der Waals surface area (Å²) in [6.45, 7) is 2.78. The fraction of sp³-hybridized carbons (Fsp3) is 0.517. The lowest BCUT2D eigenvalue weighted by molar-refractivity contribution is -0.142. The highest BCUT2D eigenvalue weighted by atomic mass is 32.2. The number of aromatic amines is 1.